The van der Waals surface area contributed by atoms with E-state index in [4.69, 9.17) is 9.88 Å². The maximum Gasteiger partial charge on any atom is 0.238 e. The lowest BCUT2D eigenvalue weighted by Gasteiger charge is -2.20. The van der Waals surface area contributed by atoms with Gasteiger partial charge in [0, 0.05) is 12.4 Å². The van der Waals surface area contributed by atoms with E-state index in [0.717, 1.165) is 23.1 Å². The molecule has 2 atom stereocenters. The van der Waals surface area contributed by atoms with Gasteiger partial charge in [-0.05, 0) is 73.2 Å². The highest BCUT2D eigenvalue weighted by atomic mass is 32.2. The van der Waals surface area contributed by atoms with Gasteiger partial charge in [-0.3, -0.25) is 4.98 Å². The molecule has 30 heavy (non-hydrogen) atoms. The number of sulfonamides is 1. The van der Waals surface area contributed by atoms with E-state index in [0.29, 0.717) is 17.7 Å². The summed E-state index contributed by atoms with van der Waals surface area (Å²) in [4.78, 5) is 4.21. The van der Waals surface area contributed by atoms with E-state index in [1.807, 2.05) is 43.3 Å². The van der Waals surface area contributed by atoms with Crippen LogP contribution in [0.4, 0.5) is 0 Å². The number of aromatic nitrogens is 1. The van der Waals surface area contributed by atoms with Crippen molar-refractivity contribution in [3.05, 3.63) is 78.1 Å². The normalized spacial score (nSPS) is 13.6. The average molecular weight is 427 g/mol. The Morgan fingerprint density at radius 2 is 1.80 bits per heavy atom. The number of hydrogen-bond donors (Lipinski definition) is 2. The molecule has 3 rings (SSSR count). The number of hydrogen-bond acceptors (Lipinski definition) is 5. The highest BCUT2D eigenvalue weighted by Gasteiger charge is 2.16. The summed E-state index contributed by atoms with van der Waals surface area (Å²) in [6, 6.07) is 16.4. The van der Waals surface area contributed by atoms with E-state index >= 15 is 0 Å². The van der Waals surface area contributed by atoms with Gasteiger partial charge in [-0.15, -0.1) is 0 Å². The number of primary sulfonamides is 1. The van der Waals surface area contributed by atoms with E-state index in [-0.39, 0.29) is 11.0 Å². The highest BCUT2D eigenvalue weighted by molar-refractivity contribution is 7.89. The molecule has 0 saturated heterocycles. The van der Waals surface area contributed by atoms with Crippen LogP contribution < -0.4 is 9.88 Å². The SMILES string of the molecule is Cc1cc(-c2ccc(O[C@@H](C)[C@H](O)CCc3cccnc3)cc2)ccc1S(N)(=O)=O. The maximum atomic E-state index is 11.6. The summed E-state index contributed by atoms with van der Waals surface area (Å²) in [5, 5.41) is 15.6. The zero-order valence-electron chi connectivity index (χ0n) is 17.0. The largest absolute Gasteiger partial charge is 0.488 e. The Balaban J connectivity index is 1.62. The number of aryl methyl sites for hydroxylation is 2. The van der Waals surface area contributed by atoms with E-state index in [1.165, 1.54) is 6.07 Å². The number of benzene rings is 2. The van der Waals surface area contributed by atoms with Gasteiger partial charge < -0.3 is 9.84 Å². The first kappa shape index (κ1) is 22.0. The van der Waals surface area contributed by atoms with Gasteiger partial charge in [-0.1, -0.05) is 30.3 Å². The van der Waals surface area contributed by atoms with Crippen molar-refractivity contribution in [3.8, 4) is 16.9 Å². The van der Waals surface area contributed by atoms with Crippen LogP contribution in [0.15, 0.2) is 71.9 Å². The van der Waals surface area contributed by atoms with Gasteiger partial charge in [0.05, 0.1) is 11.0 Å². The molecular formula is C23H26N2O4S. The highest BCUT2D eigenvalue weighted by Crippen LogP contribution is 2.26. The summed E-state index contributed by atoms with van der Waals surface area (Å²) in [7, 11) is -3.73. The second-order valence-electron chi connectivity index (χ2n) is 7.34. The Bertz CT molecular complexity index is 1080. The Hall–Kier alpha value is -2.74. The third-order valence-corrected chi connectivity index (χ3v) is 6.06. The maximum absolute atomic E-state index is 11.6. The van der Waals surface area contributed by atoms with Gasteiger partial charge in [-0.2, -0.15) is 0 Å². The molecule has 158 valence electrons. The molecule has 0 aliphatic carbocycles. The molecule has 0 bridgehead atoms. The first-order chi connectivity index (χ1) is 14.2. The number of rotatable bonds is 8. The fraction of sp³-hybridized carbons (Fsp3) is 0.261. The molecule has 0 aliphatic heterocycles. The second kappa shape index (κ2) is 9.38. The lowest BCUT2D eigenvalue weighted by molar-refractivity contribution is 0.0420. The smallest absolute Gasteiger partial charge is 0.238 e. The summed E-state index contributed by atoms with van der Waals surface area (Å²) in [5.41, 5.74) is 3.49. The van der Waals surface area contributed by atoms with E-state index < -0.39 is 16.1 Å². The van der Waals surface area contributed by atoms with Gasteiger partial charge in [0.15, 0.2) is 0 Å². The molecule has 3 aromatic rings. The van der Waals surface area contributed by atoms with Crippen molar-refractivity contribution in [1.82, 2.24) is 4.98 Å². The summed E-state index contributed by atoms with van der Waals surface area (Å²) in [5.74, 6) is 0.657. The number of aliphatic hydroxyl groups is 1. The number of nitrogens with two attached hydrogens (primary N) is 1. The minimum atomic E-state index is -3.73. The molecular weight excluding hydrogens is 400 g/mol. The third-order valence-electron chi connectivity index (χ3n) is 4.98. The molecule has 0 amide bonds. The Labute approximate surface area is 177 Å². The molecule has 0 radical (unpaired) electrons. The topological polar surface area (TPSA) is 103 Å². The Morgan fingerprint density at radius 1 is 1.10 bits per heavy atom. The predicted molar refractivity (Wildman–Crippen MR) is 117 cm³/mol. The Kier molecular flexibility index (Phi) is 6.87. The van der Waals surface area contributed by atoms with Crippen LogP contribution in [0.3, 0.4) is 0 Å². The van der Waals surface area contributed by atoms with Crippen molar-refractivity contribution in [1.29, 1.82) is 0 Å². The zero-order valence-corrected chi connectivity index (χ0v) is 17.8. The molecule has 0 unspecified atom stereocenters. The molecule has 7 heteroatoms. The Morgan fingerprint density at radius 3 is 2.40 bits per heavy atom. The fourth-order valence-corrected chi connectivity index (χ4v) is 4.03. The summed E-state index contributed by atoms with van der Waals surface area (Å²) < 4.78 is 29.0. The van der Waals surface area contributed by atoms with Gasteiger partial charge >= 0.3 is 0 Å². The predicted octanol–water partition coefficient (Wildman–Crippen LogP) is 3.47. The molecule has 0 spiro atoms. The van der Waals surface area contributed by atoms with Crippen LogP contribution in [0.5, 0.6) is 5.75 Å². The van der Waals surface area contributed by atoms with E-state index in [9.17, 15) is 13.5 Å². The van der Waals surface area contributed by atoms with Crippen LogP contribution in [-0.2, 0) is 16.4 Å². The first-order valence-corrected chi connectivity index (χ1v) is 11.3. The van der Waals surface area contributed by atoms with Crippen molar-refractivity contribution in [2.24, 2.45) is 5.14 Å². The van der Waals surface area contributed by atoms with E-state index in [1.54, 1.807) is 31.5 Å². The standard InChI is InChI=1S/C23H26N2O4S/c1-16-14-20(8-12-23(16)30(24,27)28)19-6-9-21(10-7-19)29-17(2)22(26)11-5-18-4-3-13-25-15-18/h3-4,6-10,12-15,17,22,26H,5,11H2,1-2H3,(H2,24,27,28)/t17-,22+/m0/s1. The second-order valence-corrected chi connectivity index (χ2v) is 8.87. The lowest BCUT2D eigenvalue weighted by atomic mass is 10.0. The van der Waals surface area contributed by atoms with Crippen LogP contribution in [0.25, 0.3) is 11.1 Å². The van der Waals surface area contributed by atoms with Crippen molar-refractivity contribution in [2.45, 2.75) is 43.8 Å². The molecule has 2 aromatic carbocycles. The number of ether oxygens (including phenoxy) is 1. The molecule has 0 aliphatic rings. The van der Waals surface area contributed by atoms with Crippen molar-refractivity contribution >= 4 is 10.0 Å². The van der Waals surface area contributed by atoms with Crippen LogP contribution in [0.1, 0.15) is 24.5 Å². The summed E-state index contributed by atoms with van der Waals surface area (Å²) in [6.07, 6.45) is 3.89. The van der Waals surface area contributed by atoms with Crippen molar-refractivity contribution in [3.63, 3.8) is 0 Å². The third kappa shape index (κ3) is 5.66. The van der Waals surface area contributed by atoms with Crippen LogP contribution >= 0.6 is 0 Å². The molecule has 6 nitrogen and oxygen atoms in total. The van der Waals surface area contributed by atoms with Crippen molar-refractivity contribution < 1.29 is 18.3 Å². The first-order valence-electron chi connectivity index (χ1n) is 9.71. The van der Waals surface area contributed by atoms with Crippen LogP contribution in [0.2, 0.25) is 0 Å². The molecule has 1 heterocycles. The number of aliphatic hydroxyl groups excluding tert-OH is 1. The molecule has 0 saturated carbocycles. The summed E-state index contributed by atoms with van der Waals surface area (Å²) >= 11 is 0. The minimum absolute atomic E-state index is 0.125. The lowest BCUT2D eigenvalue weighted by Crippen LogP contribution is -2.29. The molecule has 0 fully saturated rings. The van der Waals surface area contributed by atoms with Crippen molar-refractivity contribution in [2.75, 3.05) is 0 Å². The quantitative estimate of drug-likeness (QED) is 0.574. The van der Waals surface area contributed by atoms with Gasteiger partial charge in [-0.25, -0.2) is 13.6 Å². The minimum Gasteiger partial charge on any atom is -0.488 e. The zero-order chi connectivity index (χ0) is 21.7. The van der Waals surface area contributed by atoms with Gasteiger partial charge in [0.1, 0.15) is 11.9 Å². The number of pyridine rings is 1. The van der Waals surface area contributed by atoms with Gasteiger partial charge in [0.2, 0.25) is 10.0 Å². The summed E-state index contributed by atoms with van der Waals surface area (Å²) in [6.45, 7) is 3.56. The molecule has 1 aromatic heterocycles. The van der Waals surface area contributed by atoms with Gasteiger partial charge in [0.25, 0.3) is 0 Å². The average Bonchev–Trinajstić information content (AvgIpc) is 2.72. The fourth-order valence-electron chi connectivity index (χ4n) is 3.26. The monoisotopic (exact) mass is 426 g/mol. The van der Waals surface area contributed by atoms with Crippen LogP contribution in [-0.4, -0.2) is 30.7 Å². The van der Waals surface area contributed by atoms with Crippen LogP contribution in [0, 0.1) is 6.92 Å². The van der Waals surface area contributed by atoms with E-state index in [2.05, 4.69) is 4.98 Å². The molecule has 3 N–H and O–H groups in total. The number of nitrogens with zero attached hydrogens (tertiary/aromatic N) is 1.